The van der Waals surface area contributed by atoms with Crippen molar-refractivity contribution < 1.29 is 38.9 Å². The van der Waals surface area contributed by atoms with Crippen LogP contribution in [0, 0.1) is 0 Å². The van der Waals surface area contributed by atoms with Crippen molar-refractivity contribution in [3.63, 3.8) is 0 Å². The summed E-state index contributed by atoms with van der Waals surface area (Å²) in [6, 6.07) is 8.44. The van der Waals surface area contributed by atoms with Crippen LogP contribution in [0.15, 0.2) is 30.3 Å². The molecule has 3 atom stereocenters. The number of hydrogen-bond donors (Lipinski definition) is 2. The van der Waals surface area contributed by atoms with Crippen molar-refractivity contribution in [1.29, 1.82) is 0 Å². The quantitative estimate of drug-likeness (QED) is 0.497. The van der Waals surface area contributed by atoms with E-state index < -0.39 is 47.3 Å². The van der Waals surface area contributed by atoms with Crippen molar-refractivity contribution >= 4 is 34.7 Å². The minimum absolute atomic E-state index is 0.428. The molecule has 9 nitrogen and oxygen atoms in total. The van der Waals surface area contributed by atoms with Crippen LogP contribution in [0.5, 0.6) is 5.75 Å². The van der Waals surface area contributed by atoms with E-state index >= 15 is 0 Å². The summed E-state index contributed by atoms with van der Waals surface area (Å²) in [5.41, 5.74) is 0. The van der Waals surface area contributed by atoms with E-state index in [4.69, 9.17) is 14.6 Å². The van der Waals surface area contributed by atoms with Crippen molar-refractivity contribution in [3.05, 3.63) is 30.3 Å². The van der Waals surface area contributed by atoms with Crippen LogP contribution in [-0.2, 0) is 23.9 Å². The number of likely N-dealkylation sites (tertiary alicyclic amines) is 1. The lowest BCUT2D eigenvalue weighted by Crippen LogP contribution is -2.69. The molecule has 25 heavy (non-hydrogen) atoms. The number of rotatable bonds is 7. The predicted molar refractivity (Wildman–Crippen MR) is 84.4 cm³/mol. The van der Waals surface area contributed by atoms with Gasteiger partial charge in [0.25, 0.3) is 5.91 Å². The van der Waals surface area contributed by atoms with Crippen LogP contribution in [0.2, 0.25) is 0 Å². The van der Waals surface area contributed by atoms with Crippen LogP contribution >= 0.6 is 11.8 Å². The fraction of sp³-hybridized carbons (Fsp3) is 0.333. The standard InChI is InChI=1S/C15H15NO8S/c1-8(17)25-14-11(12(19)16(14)13(20)15(21)22)24-10(18)7-23-9-5-3-2-4-6-9/h2-6,11,13-14,20H,7H2,1H3,(H,21,22)/t11-,13?,14+/m0/s1. The van der Waals surface area contributed by atoms with Crippen LogP contribution in [0.1, 0.15) is 6.92 Å². The second-order valence-electron chi connectivity index (χ2n) is 4.97. The molecule has 1 amide bonds. The lowest BCUT2D eigenvalue weighted by Gasteiger charge is -2.45. The minimum Gasteiger partial charge on any atom is -0.482 e. The maximum atomic E-state index is 12.0. The van der Waals surface area contributed by atoms with Crippen molar-refractivity contribution in [1.82, 2.24) is 4.90 Å². The summed E-state index contributed by atoms with van der Waals surface area (Å²) >= 11 is 0.588. The van der Waals surface area contributed by atoms with Gasteiger partial charge in [-0.15, -0.1) is 0 Å². The van der Waals surface area contributed by atoms with Crippen LogP contribution in [0.3, 0.4) is 0 Å². The molecule has 0 spiro atoms. The lowest BCUT2D eigenvalue weighted by molar-refractivity contribution is -0.196. The molecular weight excluding hydrogens is 354 g/mol. The molecule has 1 aliphatic heterocycles. The highest BCUT2D eigenvalue weighted by Gasteiger charge is 2.55. The first-order chi connectivity index (χ1) is 11.8. The SMILES string of the molecule is CC(=O)S[C@@H]1[C@@H](OC(=O)COc2ccccc2)C(=O)N1C(O)C(=O)O. The number of aliphatic carboxylic acids is 1. The van der Waals surface area contributed by atoms with E-state index in [1.807, 2.05) is 0 Å². The molecule has 2 N–H and O–H groups in total. The Kier molecular flexibility index (Phi) is 5.99. The highest BCUT2D eigenvalue weighted by atomic mass is 32.2. The van der Waals surface area contributed by atoms with Gasteiger partial charge in [-0.25, -0.2) is 9.59 Å². The largest absolute Gasteiger partial charge is 0.482 e. The number of para-hydroxylation sites is 1. The number of carboxylic acid groups (broad SMARTS) is 1. The Balaban J connectivity index is 1.97. The number of carbonyl (C=O) groups is 4. The van der Waals surface area contributed by atoms with Gasteiger partial charge in [-0.2, -0.15) is 0 Å². The fourth-order valence-electron chi connectivity index (χ4n) is 2.07. The molecule has 1 aromatic carbocycles. The highest BCUT2D eigenvalue weighted by molar-refractivity contribution is 8.14. The third-order valence-corrected chi connectivity index (χ3v) is 4.21. The fourth-order valence-corrected chi connectivity index (χ4v) is 3.04. The van der Waals surface area contributed by atoms with Crippen LogP contribution < -0.4 is 4.74 Å². The molecule has 1 aromatic rings. The third kappa shape index (κ3) is 4.48. The van der Waals surface area contributed by atoms with Gasteiger partial charge in [-0.1, -0.05) is 30.0 Å². The number of nitrogens with zero attached hydrogens (tertiary/aromatic N) is 1. The Hall–Kier alpha value is -2.59. The molecule has 0 saturated carbocycles. The number of carboxylic acids is 1. The topological polar surface area (TPSA) is 130 Å². The molecule has 1 heterocycles. The van der Waals surface area contributed by atoms with Gasteiger partial charge in [-0.3, -0.25) is 14.5 Å². The van der Waals surface area contributed by atoms with E-state index in [1.54, 1.807) is 30.3 Å². The van der Waals surface area contributed by atoms with Gasteiger partial charge in [0.1, 0.15) is 11.1 Å². The number of ether oxygens (including phenoxy) is 2. The van der Waals surface area contributed by atoms with E-state index in [9.17, 15) is 24.3 Å². The first-order valence-electron chi connectivity index (χ1n) is 7.09. The molecule has 1 fully saturated rings. The Morgan fingerprint density at radius 3 is 2.48 bits per heavy atom. The van der Waals surface area contributed by atoms with Gasteiger partial charge < -0.3 is 19.7 Å². The van der Waals surface area contributed by atoms with Crippen LogP contribution in [0.4, 0.5) is 0 Å². The van der Waals surface area contributed by atoms with Gasteiger partial charge in [0, 0.05) is 6.92 Å². The van der Waals surface area contributed by atoms with Gasteiger partial charge in [-0.05, 0) is 12.1 Å². The zero-order valence-corrected chi connectivity index (χ0v) is 13.8. The molecule has 0 radical (unpaired) electrons. The monoisotopic (exact) mass is 369 g/mol. The smallest absolute Gasteiger partial charge is 0.354 e. The molecule has 0 aromatic heterocycles. The first-order valence-corrected chi connectivity index (χ1v) is 7.97. The molecule has 0 aliphatic carbocycles. The lowest BCUT2D eigenvalue weighted by atomic mass is 10.1. The van der Waals surface area contributed by atoms with Gasteiger partial charge in [0.2, 0.25) is 12.3 Å². The molecule has 1 aliphatic rings. The maximum Gasteiger partial charge on any atom is 0.354 e. The Morgan fingerprint density at radius 2 is 1.92 bits per heavy atom. The van der Waals surface area contributed by atoms with Crippen molar-refractivity contribution in [3.8, 4) is 5.75 Å². The highest BCUT2D eigenvalue weighted by Crippen LogP contribution is 2.34. The summed E-state index contributed by atoms with van der Waals surface area (Å²) in [6.07, 6.45) is -3.49. The van der Waals surface area contributed by atoms with E-state index in [2.05, 4.69) is 0 Å². The number of aliphatic hydroxyl groups excluding tert-OH is 1. The number of aliphatic hydroxyl groups is 1. The molecule has 2 rings (SSSR count). The second-order valence-corrected chi connectivity index (χ2v) is 6.26. The zero-order chi connectivity index (χ0) is 18.6. The van der Waals surface area contributed by atoms with Crippen molar-refractivity contribution in [2.45, 2.75) is 24.6 Å². The summed E-state index contributed by atoms with van der Waals surface area (Å²) in [6.45, 7) is 0.739. The summed E-state index contributed by atoms with van der Waals surface area (Å²) in [7, 11) is 0. The average Bonchev–Trinajstić information content (AvgIpc) is 2.57. The van der Waals surface area contributed by atoms with E-state index in [1.165, 1.54) is 6.92 Å². The number of amides is 1. The molecule has 1 unspecified atom stereocenters. The molecular formula is C15H15NO8S. The number of β-lactam (4-membered cyclic amide) rings is 1. The molecule has 134 valence electrons. The number of benzene rings is 1. The van der Waals surface area contributed by atoms with Gasteiger partial charge >= 0.3 is 11.9 Å². The normalized spacial score (nSPS) is 20.4. The summed E-state index contributed by atoms with van der Waals surface area (Å²) in [5, 5.41) is 16.8. The van der Waals surface area contributed by atoms with Gasteiger partial charge in [0.05, 0.1) is 0 Å². The second kappa shape index (κ2) is 7.99. The summed E-state index contributed by atoms with van der Waals surface area (Å²) < 4.78 is 10.1. The first kappa shape index (κ1) is 18.7. The van der Waals surface area contributed by atoms with Crippen LogP contribution in [0.25, 0.3) is 0 Å². The Labute approximate surface area is 146 Å². The van der Waals surface area contributed by atoms with Crippen LogP contribution in [-0.4, -0.2) is 62.4 Å². The average molecular weight is 369 g/mol. The summed E-state index contributed by atoms with van der Waals surface area (Å²) in [5.74, 6) is -2.99. The predicted octanol–water partition coefficient (Wildman–Crippen LogP) is -0.172. The number of thioether (sulfide) groups is 1. The Bertz CT molecular complexity index is 679. The number of esters is 1. The van der Waals surface area contributed by atoms with E-state index in [0.717, 1.165) is 0 Å². The third-order valence-electron chi connectivity index (χ3n) is 3.16. The zero-order valence-electron chi connectivity index (χ0n) is 13.0. The van der Waals surface area contributed by atoms with Crippen molar-refractivity contribution in [2.75, 3.05) is 6.61 Å². The Morgan fingerprint density at radius 1 is 1.28 bits per heavy atom. The van der Waals surface area contributed by atoms with E-state index in [-0.39, 0.29) is 0 Å². The van der Waals surface area contributed by atoms with Crippen molar-refractivity contribution in [2.24, 2.45) is 0 Å². The molecule has 1 saturated heterocycles. The summed E-state index contributed by atoms with van der Waals surface area (Å²) in [4.78, 5) is 46.5. The van der Waals surface area contributed by atoms with E-state index in [0.29, 0.717) is 22.4 Å². The number of hydrogen-bond acceptors (Lipinski definition) is 8. The maximum absolute atomic E-state index is 12.0. The molecule has 10 heteroatoms. The minimum atomic E-state index is -2.13. The molecule has 0 bridgehead atoms. The number of carbonyl (C=O) groups excluding carboxylic acids is 3. The van der Waals surface area contributed by atoms with Gasteiger partial charge in [0.15, 0.2) is 11.7 Å².